The molecule has 0 aliphatic carbocycles. The number of hydrogen-bond donors (Lipinski definition) is 0. The lowest BCUT2D eigenvalue weighted by Crippen LogP contribution is -2.39. The Morgan fingerprint density at radius 2 is 2.14 bits per heavy atom. The standard InChI is InChI=1S/C15H23N3O3/c1-9-16-13(21-17-9)6-11-5-10-7-18(8-12(10)20-11)14(19)15(2,3)4/h10-12H,5-8H2,1-4H3/t10-,11+,12+/m0/s1. The minimum atomic E-state index is -0.320. The van der Waals surface area contributed by atoms with Crippen LogP contribution < -0.4 is 0 Å². The van der Waals surface area contributed by atoms with Crippen molar-refractivity contribution in [1.82, 2.24) is 15.0 Å². The Morgan fingerprint density at radius 1 is 1.38 bits per heavy atom. The van der Waals surface area contributed by atoms with Crippen molar-refractivity contribution in [1.29, 1.82) is 0 Å². The second kappa shape index (κ2) is 5.09. The van der Waals surface area contributed by atoms with Gasteiger partial charge in [0.1, 0.15) is 0 Å². The maximum Gasteiger partial charge on any atom is 0.229 e. The van der Waals surface area contributed by atoms with Gasteiger partial charge in [0.05, 0.1) is 18.6 Å². The van der Waals surface area contributed by atoms with E-state index >= 15 is 0 Å². The van der Waals surface area contributed by atoms with Crippen LogP contribution in [0.3, 0.4) is 0 Å². The molecule has 1 aromatic rings. The van der Waals surface area contributed by atoms with Gasteiger partial charge in [0.2, 0.25) is 11.8 Å². The highest BCUT2D eigenvalue weighted by Gasteiger charge is 2.45. The first-order valence-corrected chi connectivity index (χ1v) is 7.57. The molecule has 1 amide bonds. The van der Waals surface area contributed by atoms with Gasteiger partial charge in [-0.2, -0.15) is 4.98 Å². The van der Waals surface area contributed by atoms with Gasteiger partial charge in [0.25, 0.3) is 0 Å². The van der Waals surface area contributed by atoms with Crippen molar-refractivity contribution in [3.8, 4) is 0 Å². The number of carbonyl (C=O) groups is 1. The first-order valence-electron chi connectivity index (χ1n) is 7.57. The fourth-order valence-corrected chi connectivity index (χ4v) is 3.25. The fraction of sp³-hybridized carbons (Fsp3) is 0.800. The zero-order valence-electron chi connectivity index (χ0n) is 13.1. The van der Waals surface area contributed by atoms with E-state index in [-0.39, 0.29) is 23.5 Å². The highest BCUT2D eigenvalue weighted by molar-refractivity contribution is 5.81. The SMILES string of the molecule is Cc1noc(C[C@H]2C[C@H]3CN(C(=O)C(C)(C)C)C[C@H]3O2)n1. The van der Waals surface area contributed by atoms with E-state index in [2.05, 4.69) is 10.1 Å². The molecule has 6 nitrogen and oxygen atoms in total. The molecule has 0 bridgehead atoms. The van der Waals surface area contributed by atoms with Crippen molar-refractivity contribution < 1.29 is 14.1 Å². The third kappa shape index (κ3) is 2.95. The lowest BCUT2D eigenvalue weighted by atomic mass is 9.95. The van der Waals surface area contributed by atoms with Gasteiger partial charge in [0.15, 0.2) is 5.82 Å². The van der Waals surface area contributed by atoms with Crippen LogP contribution >= 0.6 is 0 Å². The molecule has 2 aliphatic heterocycles. The summed E-state index contributed by atoms with van der Waals surface area (Å²) in [6.45, 7) is 9.22. The summed E-state index contributed by atoms with van der Waals surface area (Å²) in [6.07, 6.45) is 1.92. The van der Waals surface area contributed by atoms with Gasteiger partial charge >= 0.3 is 0 Å². The average Bonchev–Trinajstić information content (AvgIpc) is 3.02. The van der Waals surface area contributed by atoms with E-state index in [4.69, 9.17) is 9.26 Å². The quantitative estimate of drug-likeness (QED) is 0.828. The topological polar surface area (TPSA) is 68.5 Å². The molecule has 0 aromatic carbocycles. The van der Waals surface area contributed by atoms with Crippen LogP contribution in [0.15, 0.2) is 4.52 Å². The fourth-order valence-electron chi connectivity index (χ4n) is 3.25. The molecule has 6 heteroatoms. The van der Waals surface area contributed by atoms with Gasteiger partial charge in [-0.15, -0.1) is 0 Å². The van der Waals surface area contributed by atoms with Gasteiger partial charge in [-0.05, 0) is 13.3 Å². The molecule has 1 aromatic heterocycles. The number of rotatable bonds is 2. The largest absolute Gasteiger partial charge is 0.372 e. The number of ether oxygens (including phenoxy) is 1. The molecule has 0 spiro atoms. The lowest BCUT2D eigenvalue weighted by Gasteiger charge is -2.26. The number of fused-ring (bicyclic) bond motifs is 1. The monoisotopic (exact) mass is 293 g/mol. The Bertz CT molecular complexity index is 521. The van der Waals surface area contributed by atoms with E-state index in [1.807, 2.05) is 32.6 Å². The summed E-state index contributed by atoms with van der Waals surface area (Å²) in [5.74, 6) is 1.94. The van der Waals surface area contributed by atoms with Crippen molar-refractivity contribution >= 4 is 5.91 Å². The second-order valence-corrected chi connectivity index (χ2v) is 7.19. The summed E-state index contributed by atoms with van der Waals surface area (Å²) in [5.41, 5.74) is -0.320. The molecule has 3 heterocycles. The molecule has 116 valence electrons. The Morgan fingerprint density at radius 3 is 2.71 bits per heavy atom. The molecule has 2 aliphatic rings. The molecular formula is C15H23N3O3. The average molecular weight is 293 g/mol. The molecule has 2 fully saturated rings. The maximum atomic E-state index is 12.3. The number of amides is 1. The predicted molar refractivity (Wildman–Crippen MR) is 75.5 cm³/mol. The van der Waals surface area contributed by atoms with E-state index in [1.165, 1.54) is 0 Å². The van der Waals surface area contributed by atoms with Crippen molar-refractivity contribution in [3.63, 3.8) is 0 Å². The number of aryl methyl sites for hydroxylation is 1. The Kier molecular flexibility index (Phi) is 3.51. The summed E-state index contributed by atoms with van der Waals surface area (Å²) in [7, 11) is 0. The molecule has 2 saturated heterocycles. The van der Waals surface area contributed by atoms with Crippen LogP contribution in [0.1, 0.15) is 38.9 Å². The number of aromatic nitrogens is 2. The minimum absolute atomic E-state index is 0.131. The third-order valence-electron chi connectivity index (χ3n) is 4.21. The van der Waals surface area contributed by atoms with Crippen molar-refractivity contribution in [3.05, 3.63) is 11.7 Å². The summed E-state index contributed by atoms with van der Waals surface area (Å²) in [5, 5.41) is 3.80. The van der Waals surface area contributed by atoms with E-state index < -0.39 is 0 Å². The summed E-state index contributed by atoms with van der Waals surface area (Å²) < 4.78 is 11.2. The molecule has 21 heavy (non-hydrogen) atoms. The van der Waals surface area contributed by atoms with E-state index in [0.717, 1.165) is 13.0 Å². The lowest BCUT2D eigenvalue weighted by molar-refractivity contribution is -0.139. The number of carbonyl (C=O) groups excluding carboxylic acids is 1. The molecule has 3 rings (SSSR count). The van der Waals surface area contributed by atoms with Crippen molar-refractivity contribution in [2.45, 2.75) is 52.7 Å². The highest BCUT2D eigenvalue weighted by atomic mass is 16.5. The molecule has 0 saturated carbocycles. The van der Waals surface area contributed by atoms with Crippen molar-refractivity contribution in [2.75, 3.05) is 13.1 Å². The van der Waals surface area contributed by atoms with Gasteiger partial charge < -0.3 is 14.2 Å². The molecule has 0 N–H and O–H groups in total. The molecular weight excluding hydrogens is 270 g/mol. The van der Waals surface area contributed by atoms with E-state index in [9.17, 15) is 4.79 Å². The van der Waals surface area contributed by atoms with Crippen LogP contribution in [-0.2, 0) is 16.0 Å². The zero-order valence-corrected chi connectivity index (χ0v) is 13.1. The second-order valence-electron chi connectivity index (χ2n) is 7.19. The van der Waals surface area contributed by atoms with E-state index in [1.54, 1.807) is 0 Å². The maximum absolute atomic E-state index is 12.3. The number of likely N-dealkylation sites (tertiary alicyclic amines) is 1. The predicted octanol–water partition coefficient (Wildman–Crippen LogP) is 1.58. The number of hydrogen-bond acceptors (Lipinski definition) is 5. The van der Waals surface area contributed by atoms with Gasteiger partial charge in [-0.1, -0.05) is 25.9 Å². The van der Waals surface area contributed by atoms with Crippen LogP contribution in [0.4, 0.5) is 0 Å². The summed E-state index contributed by atoms with van der Waals surface area (Å²) in [4.78, 5) is 18.5. The Labute approximate surface area is 124 Å². The van der Waals surface area contributed by atoms with Crippen LogP contribution in [-0.4, -0.2) is 46.2 Å². The summed E-state index contributed by atoms with van der Waals surface area (Å²) in [6, 6.07) is 0. The van der Waals surface area contributed by atoms with Crippen LogP contribution in [0, 0.1) is 18.3 Å². The van der Waals surface area contributed by atoms with Gasteiger partial charge in [-0.3, -0.25) is 4.79 Å². The van der Waals surface area contributed by atoms with Crippen LogP contribution in [0.2, 0.25) is 0 Å². The minimum Gasteiger partial charge on any atom is -0.372 e. The molecule has 0 radical (unpaired) electrons. The van der Waals surface area contributed by atoms with E-state index in [0.29, 0.717) is 30.6 Å². The van der Waals surface area contributed by atoms with Crippen LogP contribution in [0.25, 0.3) is 0 Å². The number of nitrogens with zero attached hydrogens (tertiary/aromatic N) is 3. The smallest absolute Gasteiger partial charge is 0.229 e. The Balaban J connectivity index is 1.55. The normalized spacial score (nSPS) is 29.0. The Hall–Kier alpha value is -1.43. The first-order chi connectivity index (χ1) is 9.83. The zero-order chi connectivity index (χ0) is 15.2. The van der Waals surface area contributed by atoms with Crippen molar-refractivity contribution in [2.24, 2.45) is 11.3 Å². The van der Waals surface area contributed by atoms with Crippen LogP contribution in [0.5, 0.6) is 0 Å². The van der Waals surface area contributed by atoms with Gasteiger partial charge in [-0.25, -0.2) is 0 Å². The highest BCUT2D eigenvalue weighted by Crippen LogP contribution is 2.35. The molecule has 0 unspecified atom stereocenters. The van der Waals surface area contributed by atoms with Gasteiger partial charge in [0, 0.05) is 24.4 Å². The first kappa shape index (κ1) is 14.5. The third-order valence-corrected chi connectivity index (χ3v) is 4.21. The molecule has 3 atom stereocenters. The summed E-state index contributed by atoms with van der Waals surface area (Å²) >= 11 is 0.